The number of hydrazone groups is 1. The smallest absolute Gasteiger partial charge is 0.215 e. The number of carbonyl (C=O) groups excluding carboxylic acids is 2. The number of unbranched alkanes of at least 4 members (excludes halogenated alkanes) is 1. The van der Waals surface area contributed by atoms with Gasteiger partial charge in [-0.3, -0.25) is 19.5 Å². The molecule has 0 heterocycles. The van der Waals surface area contributed by atoms with Crippen LogP contribution in [-0.2, 0) is 4.79 Å². The van der Waals surface area contributed by atoms with Gasteiger partial charge in [0.25, 0.3) is 0 Å². The molecule has 0 saturated carbocycles. The number of amidine groups is 1. The number of rotatable bonds is 13. The number of likely N-dealkylation sites (N-methyl/N-ethyl adjacent to an activating group) is 1. The minimum atomic E-state index is -0.709. The van der Waals surface area contributed by atoms with Crippen LogP contribution in [-0.4, -0.2) is 69.0 Å². The average molecular weight is 524 g/mol. The number of aldehydes is 1. The fraction of sp³-hybridized carbons (Fsp3) is 0.400. The number of amides is 1. The van der Waals surface area contributed by atoms with E-state index in [2.05, 4.69) is 5.10 Å². The van der Waals surface area contributed by atoms with Crippen molar-refractivity contribution in [3.63, 3.8) is 0 Å². The molecule has 0 aliphatic carbocycles. The Kier molecular flexibility index (Phi) is 11.1. The molecule has 0 aromatic heterocycles. The number of aliphatic hydroxyl groups is 1. The third-order valence-electron chi connectivity index (χ3n) is 5.60. The third kappa shape index (κ3) is 6.92. The van der Waals surface area contributed by atoms with Gasteiger partial charge in [-0.2, -0.15) is 5.10 Å². The Labute approximate surface area is 215 Å². The van der Waals surface area contributed by atoms with Gasteiger partial charge in [-0.25, -0.2) is 8.78 Å². The highest BCUT2D eigenvalue weighted by molar-refractivity contribution is 6.33. The number of hydrogen-bond donors (Lipinski definition) is 1. The molecule has 36 heavy (non-hydrogen) atoms. The molecule has 0 aliphatic heterocycles. The average Bonchev–Trinajstić information content (AvgIpc) is 2.86. The fourth-order valence-electron chi connectivity index (χ4n) is 3.70. The van der Waals surface area contributed by atoms with Crippen molar-refractivity contribution < 1.29 is 23.5 Å². The van der Waals surface area contributed by atoms with Crippen molar-refractivity contribution in [1.82, 2.24) is 4.90 Å². The lowest BCUT2D eigenvalue weighted by atomic mass is 10.1. The standard InChI is InChI=1S/C25H32ClF2N5O3/c1-5-7-11-33(16-30(3)25-19(26)9-8-10-20(25)27)22-13-23(21(28)12-18(22)14-34)31(4)29-24(15-35)32(6-2)17-36/h8-10,12-14,17,35H,5-7,11,15-16H2,1-4H3/b29-24-. The number of nitrogens with zero attached hydrogens (tertiary/aromatic N) is 5. The van der Waals surface area contributed by atoms with Gasteiger partial charge < -0.3 is 14.9 Å². The summed E-state index contributed by atoms with van der Waals surface area (Å²) >= 11 is 6.24. The summed E-state index contributed by atoms with van der Waals surface area (Å²) in [6.45, 7) is 4.12. The zero-order valence-corrected chi connectivity index (χ0v) is 21.7. The minimum absolute atomic E-state index is 0.0246. The van der Waals surface area contributed by atoms with Gasteiger partial charge in [0.15, 0.2) is 12.1 Å². The highest BCUT2D eigenvalue weighted by atomic mass is 35.5. The van der Waals surface area contributed by atoms with Crippen LogP contribution in [0.25, 0.3) is 0 Å². The topological polar surface area (TPSA) is 79.7 Å². The molecule has 0 bridgehead atoms. The molecule has 0 spiro atoms. The van der Waals surface area contributed by atoms with Crippen molar-refractivity contribution in [2.45, 2.75) is 26.7 Å². The van der Waals surface area contributed by atoms with Crippen LogP contribution >= 0.6 is 11.6 Å². The highest BCUT2D eigenvalue weighted by Gasteiger charge is 2.21. The fourth-order valence-corrected chi connectivity index (χ4v) is 4.01. The first kappa shape index (κ1) is 29.0. The number of aliphatic hydroxyl groups excluding tert-OH is 1. The van der Waals surface area contributed by atoms with Crippen LogP contribution in [0, 0.1) is 11.6 Å². The maximum absolute atomic E-state index is 15.0. The molecule has 1 amide bonds. The minimum Gasteiger partial charge on any atom is -0.388 e. The van der Waals surface area contributed by atoms with Crippen LogP contribution in [0.4, 0.5) is 25.8 Å². The molecule has 0 unspecified atom stereocenters. The molecule has 0 radical (unpaired) electrons. The number of anilines is 3. The lowest BCUT2D eigenvalue weighted by molar-refractivity contribution is -0.114. The second-order valence-corrected chi connectivity index (χ2v) is 8.50. The van der Waals surface area contributed by atoms with Gasteiger partial charge in [-0.05, 0) is 37.6 Å². The number of halogens is 3. The Hall–Kier alpha value is -3.24. The maximum atomic E-state index is 15.0. The Morgan fingerprint density at radius 2 is 1.83 bits per heavy atom. The van der Waals surface area contributed by atoms with Gasteiger partial charge in [-0.15, -0.1) is 0 Å². The first-order valence-electron chi connectivity index (χ1n) is 11.5. The lowest BCUT2D eigenvalue weighted by Crippen LogP contribution is -2.38. The molecule has 0 saturated heterocycles. The number of hydrogen-bond acceptors (Lipinski definition) is 7. The van der Waals surface area contributed by atoms with Gasteiger partial charge in [0.05, 0.1) is 28.8 Å². The van der Waals surface area contributed by atoms with Crippen LogP contribution in [0.5, 0.6) is 0 Å². The van der Waals surface area contributed by atoms with Gasteiger partial charge in [0.1, 0.15) is 18.2 Å². The quantitative estimate of drug-likeness (QED) is 0.138. The molecule has 0 fully saturated rings. The van der Waals surface area contributed by atoms with Crippen molar-refractivity contribution in [3.05, 3.63) is 52.6 Å². The molecular formula is C25H32ClF2N5O3. The Balaban J connectivity index is 2.54. The summed E-state index contributed by atoms with van der Waals surface area (Å²) in [4.78, 5) is 27.8. The molecular weight excluding hydrogens is 492 g/mol. The number of para-hydroxylation sites is 1. The van der Waals surface area contributed by atoms with Crippen molar-refractivity contribution in [2.75, 3.05) is 55.3 Å². The van der Waals surface area contributed by atoms with E-state index in [1.54, 1.807) is 24.9 Å². The summed E-state index contributed by atoms with van der Waals surface area (Å²) in [5.74, 6) is -1.16. The van der Waals surface area contributed by atoms with Crippen LogP contribution in [0.15, 0.2) is 35.4 Å². The monoisotopic (exact) mass is 523 g/mol. The molecule has 1 N–H and O–H groups in total. The third-order valence-corrected chi connectivity index (χ3v) is 5.91. The van der Waals surface area contributed by atoms with E-state index in [0.717, 1.165) is 18.9 Å². The molecule has 196 valence electrons. The maximum Gasteiger partial charge on any atom is 0.215 e. The Morgan fingerprint density at radius 3 is 2.39 bits per heavy atom. The van der Waals surface area contributed by atoms with E-state index in [9.17, 15) is 19.1 Å². The second-order valence-electron chi connectivity index (χ2n) is 8.10. The summed E-state index contributed by atoms with van der Waals surface area (Å²) in [5.41, 5.74) is 0.766. The normalized spacial score (nSPS) is 11.3. The summed E-state index contributed by atoms with van der Waals surface area (Å²) in [5, 5.41) is 15.3. The zero-order chi connectivity index (χ0) is 26.8. The van der Waals surface area contributed by atoms with Gasteiger partial charge >= 0.3 is 0 Å². The van der Waals surface area contributed by atoms with Gasteiger partial charge in [-0.1, -0.05) is 31.0 Å². The molecule has 0 atom stereocenters. The summed E-state index contributed by atoms with van der Waals surface area (Å²) in [6, 6.07) is 6.99. The van der Waals surface area contributed by atoms with E-state index in [1.165, 1.54) is 35.2 Å². The van der Waals surface area contributed by atoms with Crippen molar-refractivity contribution in [3.8, 4) is 0 Å². The van der Waals surface area contributed by atoms with Crippen molar-refractivity contribution >= 4 is 47.2 Å². The van der Waals surface area contributed by atoms with Gasteiger partial charge in [0.2, 0.25) is 6.41 Å². The highest BCUT2D eigenvalue weighted by Crippen LogP contribution is 2.32. The number of carbonyl (C=O) groups is 2. The van der Waals surface area contributed by atoms with E-state index in [0.29, 0.717) is 24.9 Å². The van der Waals surface area contributed by atoms with Gasteiger partial charge in [0, 0.05) is 32.7 Å². The molecule has 0 aliphatic rings. The SMILES string of the molecule is CCCCN(CN(C)c1c(F)cccc1Cl)c1cc(N(C)/N=C(/CO)N(C=O)CC)c(F)cc1C=O. The number of benzene rings is 2. The van der Waals surface area contributed by atoms with E-state index >= 15 is 4.39 Å². The predicted molar refractivity (Wildman–Crippen MR) is 140 cm³/mol. The molecule has 2 aromatic rings. The van der Waals surface area contributed by atoms with Crippen molar-refractivity contribution in [2.24, 2.45) is 5.10 Å². The Morgan fingerprint density at radius 1 is 1.11 bits per heavy atom. The predicted octanol–water partition coefficient (Wildman–Crippen LogP) is 4.35. The van der Waals surface area contributed by atoms with E-state index < -0.39 is 18.2 Å². The van der Waals surface area contributed by atoms with Crippen LogP contribution in [0.3, 0.4) is 0 Å². The molecule has 11 heteroatoms. The zero-order valence-electron chi connectivity index (χ0n) is 20.9. The first-order chi connectivity index (χ1) is 17.2. The summed E-state index contributed by atoms with van der Waals surface area (Å²) < 4.78 is 29.6. The summed E-state index contributed by atoms with van der Waals surface area (Å²) in [6.07, 6.45) is 2.70. The molecule has 2 aromatic carbocycles. The summed E-state index contributed by atoms with van der Waals surface area (Å²) in [7, 11) is 3.15. The van der Waals surface area contributed by atoms with E-state index in [-0.39, 0.29) is 41.0 Å². The van der Waals surface area contributed by atoms with Crippen molar-refractivity contribution in [1.29, 1.82) is 0 Å². The first-order valence-corrected chi connectivity index (χ1v) is 11.9. The largest absolute Gasteiger partial charge is 0.388 e. The van der Waals surface area contributed by atoms with Crippen LogP contribution in [0.2, 0.25) is 5.02 Å². The lowest BCUT2D eigenvalue weighted by Gasteiger charge is -2.33. The Bertz CT molecular complexity index is 1070. The second kappa shape index (κ2) is 13.7. The van der Waals surface area contributed by atoms with Crippen LogP contribution in [0.1, 0.15) is 37.0 Å². The molecule has 8 nitrogen and oxygen atoms in total. The molecule has 2 rings (SSSR count). The van der Waals surface area contributed by atoms with Crippen LogP contribution < -0.4 is 14.8 Å². The van der Waals surface area contributed by atoms with E-state index in [1.807, 2.05) is 11.8 Å². The van der Waals surface area contributed by atoms with E-state index in [4.69, 9.17) is 11.6 Å².